The SMILES string of the molecule is CC(C)(C)C.CC1(C(F)(F)F)CCCCC1.CC1(F)CCCCC1.CCC(C)C(C)(C(CC)CC)C(F)(F)F. The van der Waals surface area contributed by atoms with Crippen LogP contribution in [0.5, 0.6) is 0 Å². The summed E-state index contributed by atoms with van der Waals surface area (Å²) in [6.45, 7) is 20.4. The third-order valence-electron chi connectivity index (χ3n) is 8.62. The van der Waals surface area contributed by atoms with Gasteiger partial charge in [-0.15, -0.1) is 0 Å². The number of halogens is 7. The van der Waals surface area contributed by atoms with Crippen LogP contribution in [0.3, 0.4) is 0 Å². The lowest BCUT2D eigenvalue weighted by Crippen LogP contribution is -2.46. The fraction of sp³-hybridized carbons (Fsp3) is 1.00. The summed E-state index contributed by atoms with van der Waals surface area (Å²) < 4.78 is 89.3. The smallest absolute Gasteiger partial charge is 0.244 e. The Balaban J connectivity index is 0. The van der Waals surface area contributed by atoms with Crippen molar-refractivity contribution in [3.8, 4) is 0 Å². The molecule has 0 N–H and O–H groups in total. The van der Waals surface area contributed by atoms with E-state index < -0.39 is 28.9 Å². The van der Waals surface area contributed by atoms with Gasteiger partial charge in [0.05, 0.1) is 10.8 Å². The van der Waals surface area contributed by atoms with Gasteiger partial charge in [-0.05, 0) is 49.9 Å². The zero-order valence-electron chi connectivity index (χ0n) is 27.0. The van der Waals surface area contributed by atoms with Crippen molar-refractivity contribution in [1.29, 1.82) is 0 Å². The molecule has 39 heavy (non-hydrogen) atoms. The average molecular weight is 579 g/mol. The predicted molar refractivity (Wildman–Crippen MR) is 153 cm³/mol. The van der Waals surface area contributed by atoms with Gasteiger partial charge >= 0.3 is 12.4 Å². The molecule has 0 aromatic rings. The Labute approximate surface area is 236 Å². The van der Waals surface area contributed by atoms with Crippen LogP contribution >= 0.6 is 0 Å². The summed E-state index contributed by atoms with van der Waals surface area (Å²) in [5.74, 6) is -0.588. The average Bonchev–Trinajstić information content (AvgIpc) is 2.78. The molecule has 0 saturated heterocycles. The van der Waals surface area contributed by atoms with Crippen molar-refractivity contribution in [3.05, 3.63) is 0 Å². The predicted octanol–water partition coefficient (Wildman–Crippen LogP) is 13.3. The molecule has 2 aliphatic carbocycles. The van der Waals surface area contributed by atoms with Crippen LogP contribution in [0.1, 0.15) is 160 Å². The molecule has 2 rings (SSSR count). The number of hydrogen-bond acceptors (Lipinski definition) is 0. The van der Waals surface area contributed by atoms with Crippen molar-refractivity contribution >= 4 is 0 Å². The molecule has 0 aliphatic heterocycles. The Morgan fingerprint density at radius 1 is 0.615 bits per heavy atom. The van der Waals surface area contributed by atoms with E-state index in [2.05, 4.69) is 27.7 Å². The number of rotatable bonds is 5. The first-order valence-corrected chi connectivity index (χ1v) is 15.2. The number of hydrogen-bond donors (Lipinski definition) is 0. The summed E-state index contributed by atoms with van der Waals surface area (Å²) in [5, 5.41) is 0. The molecule has 2 unspecified atom stereocenters. The van der Waals surface area contributed by atoms with Gasteiger partial charge in [0.1, 0.15) is 5.67 Å². The Morgan fingerprint density at radius 2 is 0.949 bits per heavy atom. The summed E-state index contributed by atoms with van der Waals surface area (Å²) >= 11 is 0. The van der Waals surface area contributed by atoms with Gasteiger partial charge in [-0.2, -0.15) is 26.3 Å². The van der Waals surface area contributed by atoms with Gasteiger partial charge < -0.3 is 0 Å². The van der Waals surface area contributed by atoms with E-state index in [1.54, 1.807) is 13.8 Å². The molecule has 0 nitrogen and oxygen atoms in total. The summed E-state index contributed by atoms with van der Waals surface area (Å²) in [6.07, 6.45) is 1.72. The molecule has 0 bridgehead atoms. The molecule has 238 valence electrons. The normalized spacial score (nSPS) is 21.6. The minimum atomic E-state index is -4.10. The summed E-state index contributed by atoms with van der Waals surface area (Å²) in [6, 6.07) is 0. The number of alkyl halides is 7. The molecule has 7 heteroatoms. The molecule has 2 fully saturated rings. The van der Waals surface area contributed by atoms with E-state index in [1.807, 2.05) is 20.8 Å². The monoisotopic (exact) mass is 578 g/mol. The molecule has 2 aliphatic rings. The zero-order chi connectivity index (χ0) is 31.3. The van der Waals surface area contributed by atoms with E-state index >= 15 is 0 Å². The van der Waals surface area contributed by atoms with Crippen LogP contribution in [-0.4, -0.2) is 18.0 Å². The van der Waals surface area contributed by atoms with E-state index in [9.17, 15) is 30.7 Å². The fourth-order valence-corrected chi connectivity index (χ4v) is 5.38. The van der Waals surface area contributed by atoms with E-state index in [1.165, 1.54) is 20.3 Å². The second-order valence-corrected chi connectivity index (χ2v) is 14.2. The van der Waals surface area contributed by atoms with Crippen molar-refractivity contribution in [1.82, 2.24) is 0 Å². The minimum Gasteiger partial charge on any atom is -0.244 e. The van der Waals surface area contributed by atoms with Crippen LogP contribution in [0.4, 0.5) is 30.7 Å². The van der Waals surface area contributed by atoms with Crippen LogP contribution in [0, 0.1) is 28.1 Å². The Hall–Kier alpha value is -0.490. The van der Waals surface area contributed by atoms with Gasteiger partial charge in [0, 0.05) is 0 Å². The Bertz CT molecular complexity index is 604. The molecule has 2 saturated carbocycles. The van der Waals surface area contributed by atoms with Gasteiger partial charge in [-0.1, -0.05) is 127 Å². The van der Waals surface area contributed by atoms with E-state index in [4.69, 9.17) is 0 Å². The first-order valence-electron chi connectivity index (χ1n) is 15.2. The highest BCUT2D eigenvalue weighted by Gasteiger charge is 2.56. The maximum absolute atomic E-state index is 13.2. The van der Waals surface area contributed by atoms with Crippen molar-refractivity contribution in [3.63, 3.8) is 0 Å². The van der Waals surface area contributed by atoms with Crippen LogP contribution in [-0.2, 0) is 0 Å². The zero-order valence-corrected chi connectivity index (χ0v) is 27.0. The lowest BCUT2D eigenvalue weighted by atomic mass is 9.65. The first-order chi connectivity index (χ1) is 17.4. The third kappa shape index (κ3) is 15.3. The third-order valence-corrected chi connectivity index (χ3v) is 8.62. The van der Waals surface area contributed by atoms with Gasteiger partial charge in [-0.3, -0.25) is 0 Å². The molecule has 0 aromatic carbocycles. The van der Waals surface area contributed by atoms with E-state index in [-0.39, 0.29) is 11.8 Å². The second-order valence-electron chi connectivity index (χ2n) is 14.2. The molecular weight excluding hydrogens is 517 g/mol. The lowest BCUT2D eigenvalue weighted by Gasteiger charge is -2.43. The molecule has 2 atom stereocenters. The minimum absolute atomic E-state index is 0.271. The highest BCUT2D eigenvalue weighted by Crippen LogP contribution is 2.52. The molecule has 0 heterocycles. The Kier molecular flexibility index (Phi) is 17.5. The highest BCUT2D eigenvalue weighted by atomic mass is 19.4. The van der Waals surface area contributed by atoms with Crippen LogP contribution in [0.2, 0.25) is 0 Å². The molecular formula is C32H61F7. The standard InChI is InChI=1S/C12H23F3.C8H13F3.C7H13F.C5H12/c1-6-9(4)11(5,12(13,14)15)10(7-2)8-3;1-7(8(9,10)11)5-3-2-4-6-7;1-7(8)5-3-2-4-6-7;1-5(2,3)4/h9-10H,6-8H2,1-5H3;2-6H2,1H3;2-6H2,1H3;1-4H3. The van der Waals surface area contributed by atoms with Gasteiger partial charge in [0.2, 0.25) is 0 Å². The van der Waals surface area contributed by atoms with Gasteiger partial charge in [0.15, 0.2) is 0 Å². The fourth-order valence-electron chi connectivity index (χ4n) is 5.38. The van der Waals surface area contributed by atoms with Gasteiger partial charge in [0.25, 0.3) is 0 Å². The summed E-state index contributed by atoms with van der Waals surface area (Å²) in [4.78, 5) is 0. The molecule has 0 amide bonds. The van der Waals surface area contributed by atoms with Crippen LogP contribution in [0.15, 0.2) is 0 Å². The maximum Gasteiger partial charge on any atom is 0.394 e. The maximum atomic E-state index is 13.2. The molecule has 0 spiro atoms. The van der Waals surface area contributed by atoms with Crippen LogP contribution in [0.25, 0.3) is 0 Å². The Morgan fingerprint density at radius 3 is 1.13 bits per heavy atom. The molecule has 0 radical (unpaired) electrons. The van der Waals surface area contributed by atoms with Crippen LogP contribution < -0.4 is 0 Å². The largest absolute Gasteiger partial charge is 0.394 e. The topological polar surface area (TPSA) is 0 Å². The van der Waals surface area contributed by atoms with Gasteiger partial charge in [-0.25, -0.2) is 4.39 Å². The quantitative estimate of drug-likeness (QED) is 0.285. The highest BCUT2D eigenvalue weighted by molar-refractivity contribution is 4.91. The first kappa shape index (κ1) is 40.6. The van der Waals surface area contributed by atoms with E-state index in [0.717, 1.165) is 44.9 Å². The lowest BCUT2D eigenvalue weighted by molar-refractivity contribution is -0.255. The van der Waals surface area contributed by atoms with Crippen molar-refractivity contribution in [2.45, 2.75) is 178 Å². The van der Waals surface area contributed by atoms with Crippen molar-refractivity contribution in [2.24, 2.45) is 28.1 Å². The molecule has 0 aromatic heterocycles. The summed E-state index contributed by atoms with van der Waals surface area (Å²) in [5.41, 5.74) is -3.24. The second kappa shape index (κ2) is 16.8. The van der Waals surface area contributed by atoms with Crippen molar-refractivity contribution in [2.75, 3.05) is 0 Å². The summed E-state index contributed by atoms with van der Waals surface area (Å²) in [7, 11) is 0. The van der Waals surface area contributed by atoms with Crippen molar-refractivity contribution < 1.29 is 30.7 Å². The van der Waals surface area contributed by atoms with E-state index in [0.29, 0.717) is 37.5 Å².